The topological polar surface area (TPSA) is 77.3 Å². The average molecular weight is 312 g/mol. The monoisotopic (exact) mass is 312 g/mol. The fraction of sp³-hybridized carbons (Fsp3) is 0.154. The third-order valence-corrected chi connectivity index (χ3v) is 3.81. The smallest absolute Gasteiger partial charge is 0.870 e. The minimum atomic E-state index is 0. The number of aryl methyl sites for hydroxylation is 1. The van der Waals surface area contributed by atoms with Crippen molar-refractivity contribution in [3.8, 4) is 10.4 Å². The fourth-order valence-corrected chi connectivity index (χ4v) is 2.62. The van der Waals surface area contributed by atoms with Crippen molar-refractivity contribution >= 4 is 23.1 Å². The van der Waals surface area contributed by atoms with Crippen LogP contribution in [0.3, 0.4) is 0 Å². The molecular formula is C13H11KN3O2S-. The van der Waals surface area contributed by atoms with Gasteiger partial charge in [-0.05, 0) is 29.1 Å². The van der Waals surface area contributed by atoms with Crippen LogP contribution >= 0.6 is 11.3 Å². The summed E-state index contributed by atoms with van der Waals surface area (Å²) in [7, 11) is 0. The molecule has 0 atom stereocenters. The van der Waals surface area contributed by atoms with E-state index in [-0.39, 0.29) is 56.9 Å². The summed E-state index contributed by atoms with van der Waals surface area (Å²) in [6, 6.07) is 4.15. The molecule has 0 saturated heterocycles. The van der Waals surface area contributed by atoms with Gasteiger partial charge in [-0.15, -0.1) is 0 Å². The number of hydrogen-bond donors (Lipinski definition) is 0. The van der Waals surface area contributed by atoms with Gasteiger partial charge in [0.05, 0.1) is 16.6 Å². The zero-order valence-electron chi connectivity index (χ0n) is 11.2. The Morgan fingerprint density at radius 3 is 2.85 bits per heavy atom. The van der Waals surface area contributed by atoms with Crippen molar-refractivity contribution in [1.29, 1.82) is 0 Å². The molecule has 1 N–H and O–H groups in total. The maximum atomic E-state index is 10.5. The molecule has 0 aliphatic rings. The summed E-state index contributed by atoms with van der Waals surface area (Å²) in [6.45, 7) is 2.12. The van der Waals surface area contributed by atoms with E-state index in [0.717, 1.165) is 22.4 Å². The number of carbonyl (C=O) groups excluding carboxylic acids is 1. The molecule has 3 heterocycles. The van der Waals surface area contributed by atoms with E-state index in [0.29, 0.717) is 5.01 Å². The number of thiazole rings is 1. The largest absolute Gasteiger partial charge is 1.00 e. The zero-order valence-corrected chi connectivity index (χ0v) is 15.1. The van der Waals surface area contributed by atoms with Crippen LogP contribution in [-0.4, -0.2) is 26.4 Å². The third kappa shape index (κ3) is 3.25. The summed E-state index contributed by atoms with van der Waals surface area (Å²) in [5, 5.41) is 4.73. The maximum absolute atomic E-state index is 10.5. The predicted molar refractivity (Wildman–Crippen MR) is 72.4 cm³/mol. The van der Waals surface area contributed by atoms with E-state index < -0.39 is 0 Å². The number of hydrogen-bond acceptors (Lipinski definition) is 5. The van der Waals surface area contributed by atoms with E-state index in [9.17, 15) is 4.79 Å². The molecule has 0 aliphatic carbocycles. The summed E-state index contributed by atoms with van der Waals surface area (Å²) in [5.74, 6) is 0. The molecule has 5 nitrogen and oxygen atoms in total. The molecule has 0 aromatic carbocycles. The van der Waals surface area contributed by atoms with E-state index >= 15 is 0 Å². The second-order valence-electron chi connectivity index (χ2n) is 3.90. The van der Waals surface area contributed by atoms with Gasteiger partial charge in [-0.25, -0.2) is 10.8 Å². The Bertz CT molecular complexity index is 723. The summed E-state index contributed by atoms with van der Waals surface area (Å²) >= 11 is 1.33. The van der Waals surface area contributed by atoms with Crippen LogP contribution in [0, 0.1) is 0 Å². The Morgan fingerprint density at radius 2 is 2.20 bits per heavy atom. The molecule has 0 bridgehead atoms. The third-order valence-electron chi connectivity index (χ3n) is 2.86. The van der Waals surface area contributed by atoms with Crippen LogP contribution in [0.1, 0.15) is 17.5 Å². The van der Waals surface area contributed by atoms with E-state index in [1.54, 1.807) is 18.7 Å². The molecule has 0 aliphatic heterocycles. The van der Waals surface area contributed by atoms with Crippen molar-refractivity contribution in [2.24, 2.45) is 0 Å². The second-order valence-corrected chi connectivity index (χ2v) is 4.93. The van der Waals surface area contributed by atoms with Crippen LogP contribution in [0.2, 0.25) is 0 Å². The van der Waals surface area contributed by atoms with Gasteiger partial charge in [0.25, 0.3) is 0 Å². The van der Waals surface area contributed by atoms with Crippen molar-refractivity contribution in [3.05, 3.63) is 41.3 Å². The van der Waals surface area contributed by atoms with Gasteiger partial charge in [-0.2, -0.15) is 16.4 Å². The van der Waals surface area contributed by atoms with Gasteiger partial charge in [-0.1, -0.05) is 6.92 Å². The van der Waals surface area contributed by atoms with Gasteiger partial charge in [0, 0.05) is 18.0 Å². The molecule has 0 radical (unpaired) electrons. The Morgan fingerprint density at radius 1 is 1.40 bits per heavy atom. The first-order valence-corrected chi connectivity index (χ1v) is 6.44. The van der Waals surface area contributed by atoms with Crippen molar-refractivity contribution in [1.82, 2.24) is 14.6 Å². The molecule has 0 unspecified atom stereocenters. The molecule has 0 fully saturated rings. The van der Waals surface area contributed by atoms with Gasteiger partial charge in [-0.3, -0.25) is 4.98 Å². The van der Waals surface area contributed by atoms with Crippen molar-refractivity contribution in [2.45, 2.75) is 13.3 Å². The van der Waals surface area contributed by atoms with Crippen molar-refractivity contribution in [2.75, 3.05) is 0 Å². The second kappa shape index (κ2) is 7.55. The molecule has 0 spiro atoms. The SMILES string of the molecule is CCc1ccn2ncc(-c3cnc([C-]=O)s3)cc12.[K+].[OH-]. The van der Waals surface area contributed by atoms with Gasteiger partial charge >= 0.3 is 51.4 Å². The first-order valence-electron chi connectivity index (χ1n) is 5.62. The predicted octanol–water partition coefficient (Wildman–Crippen LogP) is -0.695. The van der Waals surface area contributed by atoms with E-state index in [1.165, 1.54) is 16.9 Å². The fourth-order valence-electron chi connectivity index (χ4n) is 1.93. The van der Waals surface area contributed by atoms with E-state index in [4.69, 9.17) is 0 Å². The molecular weight excluding hydrogens is 301 g/mol. The molecule has 3 aromatic heterocycles. The first kappa shape index (κ1) is 17.6. The summed E-state index contributed by atoms with van der Waals surface area (Å²) < 4.78 is 1.86. The van der Waals surface area contributed by atoms with Gasteiger partial charge < -0.3 is 10.3 Å². The standard InChI is InChI=1S/C13H10N3OS.K.H2O/c1-2-9-3-4-16-11(9)5-10(6-15-16)12-7-14-13(8-17)18-12;;/h3-7H,2H2,1H3;;1H2/q-1;+1;/p-1. The minimum Gasteiger partial charge on any atom is -0.870 e. The first-order chi connectivity index (χ1) is 8.81. The Balaban J connectivity index is 0.000001000. The average Bonchev–Trinajstić information content (AvgIpc) is 3.04. The van der Waals surface area contributed by atoms with Crippen molar-refractivity contribution < 1.29 is 61.7 Å². The van der Waals surface area contributed by atoms with Gasteiger partial charge in [0.2, 0.25) is 0 Å². The van der Waals surface area contributed by atoms with Crippen LogP contribution in [-0.2, 0) is 11.2 Å². The van der Waals surface area contributed by atoms with Crippen LogP contribution in [0.25, 0.3) is 16.0 Å². The van der Waals surface area contributed by atoms with Crippen LogP contribution in [0.15, 0.2) is 30.7 Å². The molecule has 98 valence electrons. The van der Waals surface area contributed by atoms with E-state index in [2.05, 4.69) is 29.1 Å². The van der Waals surface area contributed by atoms with Crippen LogP contribution in [0.5, 0.6) is 0 Å². The van der Waals surface area contributed by atoms with E-state index in [1.807, 2.05) is 10.7 Å². The van der Waals surface area contributed by atoms with Crippen LogP contribution < -0.4 is 51.4 Å². The Hall–Kier alpha value is -0.414. The summed E-state index contributed by atoms with van der Waals surface area (Å²) in [4.78, 5) is 15.4. The number of rotatable bonds is 3. The number of fused-ring (bicyclic) bond motifs is 1. The number of nitrogens with zero attached hydrogens (tertiary/aromatic N) is 3. The maximum Gasteiger partial charge on any atom is 1.00 e. The summed E-state index contributed by atoms with van der Waals surface area (Å²) in [6.07, 6.45) is 8.20. The van der Waals surface area contributed by atoms with Crippen LogP contribution in [0.4, 0.5) is 0 Å². The molecule has 0 saturated carbocycles. The van der Waals surface area contributed by atoms with Crippen molar-refractivity contribution in [3.63, 3.8) is 0 Å². The molecule has 20 heavy (non-hydrogen) atoms. The van der Waals surface area contributed by atoms with Gasteiger partial charge in [0.15, 0.2) is 0 Å². The quantitative estimate of drug-likeness (QED) is 0.473. The molecule has 7 heteroatoms. The number of aromatic nitrogens is 3. The van der Waals surface area contributed by atoms with Gasteiger partial charge in [0.1, 0.15) is 0 Å². The zero-order chi connectivity index (χ0) is 12.5. The Kier molecular flexibility index (Phi) is 6.66. The molecule has 3 aromatic rings. The molecule has 0 amide bonds. The normalized spacial score (nSPS) is 9.85. The molecule has 3 rings (SSSR count). The summed E-state index contributed by atoms with van der Waals surface area (Å²) in [5.41, 5.74) is 3.34. The minimum absolute atomic E-state index is 0. The Labute approximate surface area is 162 Å².